The number of hydrogen-bond donors (Lipinski definition) is 0. The smallest absolute Gasteiger partial charge is 0.237 e. The molecule has 1 aromatic rings. The largest absolute Gasteiger partial charge is 0.336 e. The number of pyridine rings is 1. The van der Waals surface area contributed by atoms with Gasteiger partial charge in [0.05, 0.1) is 18.6 Å². The topological polar surface area (TPSA) is 56.8 Å². The zero-order valence-corrected chi connectivity index (χ0v) is 13.1. The Morgan fingerprint density at radius 1 is 1.32 bits per heavy atom. The molecular weight excluding hydrogens is 280 g/mol. The molecule has 22 heavy (non-hydrogen) atoms. The molecule has 2 aliphatic heterocycles. The van der Waals surface area contributed by atoms with E-state index in [0.717, 1.165) is 18.5 Å². The molecule has 0 bridgehead atoms. The van der Waals surface area contributed by atoms with Crippen LogP contribution in [0, 0.1) is 0 Å². The molecule has 6 heteroatoms. The van der Waals surface area contributed by atoms with Crippen molar-refractivity contribution >= 4 is 11.8 Å². The molecule has 1 aromatic heterocycles. The van der Waals surface area contributed by atoms with Crippen molar-refractivity contribution in [2.45, 2.75) is 31.5 Å². The molecule has 118 valence electrons. The summed E-state index contributed by atoms with van der Waals surface area (Å²) in [6.45, 7) is 1.77. The third kappa shape index (κ3) is 2.83. The van der Waals surface area contributed by atoms with E-state index in [1.807, 2.05) is 40.9 Å². The summed E-state index contributed by atoms with van der Waals surface area (Å²) in [5, 5.41) is 0. The van der Waals surface area contributed by atoms with Gasteiger partial charge in [-0.05, 0) is 38.2 Å². The number of carbonyl (C=O) groups is 2. The summed E-state index contributed by atoms with van der Waals surface area (Å²) >= 11 is 0. The third-order valence-corrected chi connectivity index (χ3v) is 4.49. The van der Waals surface area contributed by atoms with Crippen LogP contribution in [0.3, 0.4) is 0 Å². The number of hydrogen-bond acceptors (Lipinski definition) is 4. The third-order valence-electron chi connectivity index (χ3n) is 4.49. The minimum Gasteiger partial charge on any atom is -0.336 e. The second-order valence-corrected chi connectivity index (χ2v) is 6.33. The maximum Gasteiger partial charge on any atom is 0.237 e. The van der Waals surface area contributed by atoms with Crippen LogP contribution in [-0.2, 0) is 16.1 Å². The molecule has 2 atom stereocenters. The van der Waals surface area contributed by atoms with E-state index in [2.05, 4.69) is 4.98 Å². The van der Waals surface area contributed by atoms with Crippen molar-refractivity contribution in [1.29, 1.82) is 0 Å². The highest BCUT2D eigenvalue weighted by Crippen LogP contribution is 2.33. The highest BCUT2D eigenvalue weighted by atomic mass is 16.2. The lowest BCUT2D eigenvalue weighted by Gasteiger charge is -2.26. The molecule has 6 nitrogen and oxygen atoms in total. The van der Waals surface area contributed by atoms with E-state index in [0.29, 0.717) is 19.5 Å². The zero-order valence-electron chi connectivity index (χ0n) is 13.1. The van der Waals surface area contributed by atoms with Crippen molar-refractivity contribution in [3.63, 3.8) is 0 Å². The van der Waals surface area contributed by atoms with Crippen LogP contribution < -0.4 is 0 Å². The zero-order chi connectivity index (χ0) is 15.7. The van der Waals surface area contributed by atoms with Crippen molar-refractivity contribution in [2.75, 3.05) is 27.2 Å². The average Bonchev–Trinajstić information content (AvgIpc) is 3.00. The molecule has 0 aromatic carbocycles. The molecule has 0 aliphatic carbocycles. The van der Waals surface area contributed by atoms with Crippen molar-refractivity contribution < 1.29 is 9.59 Å². The summed E-state index contributed by atoms with van der Waals surface area (Å²) in [7, 11) is 3.78. The van der Waals surface area contributed by atoms with Crippen LogP contribution in [0.5, 0.6) is 0 Å². The Balaban J connectivity index is 1.70. The number of carbonyl (C=O) groups excluding carboxylic acids is 2. The van der Waals surface area contributed by atoms with Gasteiger partial charge in [0.1, 0.15) is 0 Å². The summed E-state index contributed by atoms with van der Waals surface area (Å²) in [5.74, 6) is 0.269. The second kappa shape index (κ2) is 6.04. The Labute approximate surface area is 130 Å². The van der Waals surface area contributed by atoms with Gasteiger partial charge in [-0.3, -0.25) is 14.6 Å². The monoisotopic (exact) mass is 302 g/mol. The van der Waals surface area contributed by atoms with Gasteiger partial charge in [0.2, 0.25) is 11.8 Å². The van der Waals surface area contributed by atoms with Crippen LogP contribution in [0.1, 0.15) is 18.4 Å². The number of likely N-dealkylation sites (N-methyl/N-ethyl adjacent to an activating group) is 1. The Hall–Kier alpha value is -1.95. The first-order chi connectivity index (χ1) is 10.6. The van der Waals surface area contributed by atoms with Crippen LogP contribution in [0.4, 0.5) is 0 Å². The fourth-order valence-electron chi connectivity index (χ4n) is 3.49. The number of amides is 2. The molecular formula is C16H22N4O2. The minimum absolute atomic E-state index is 0.0433. The van der Waals surface area contributed by atoms with Gasteiger partial charge in [0.15, 0.2) is 0 Å². The lowest BCUT2D eigenvalue weighted by Crippen LogP contribution is -2.43. The molecule has 2 amide bonds. The molecule has 3 heterocycles. The molecule has 0 N–H and O–H groups in total. The van der Waals surface area contributed by atoms with E-state index in [1.54, 1.807) is 12.4 Å². The Morgan fingerprint density at radius 3 is 2.73 bits per heavy atom. The van der Waals surface area contributed by atoms with Crippen molar-refractivity contribution in [3.05, 3.63) is 30.1 Å². The highest BCUT2D eigenvalue weighted by molar-refractivity contribution is 5.84. The molecule has 0 spiro atoms. The number of rotatable bonds is 4. The predicted molar refractivity (Wildman–Crippen MR) is 81.9 cm³/mol. The van der Waals surface area contributed by atoms with Crippen LogP contribution in [0.2, 0.25) is 0 Å². The van der Waals surface area contributed by atoms with E-state index in [4.69, 9.17) is 0 Å². The van der Waals surface area contributed by atoms with Gasteiger partial charge >= 0.3 is 0 Å². The van der Waals surface area contributed by atoms with Crippen molar-refractivity contribution in [1.82, 2.24) is 19.7 Å². The fourth-order valence-corrected chi connectivity index (χ4v) is 3.49. The van der Waals surface area contributed by atoms with Crippen molar-refractivity contribution in [2.24, 2.45) is 0 Å². The number of nitrogens with zero attached hydrogens (tertiary/aromatic N) is 4. The Kier molecular flexibility index (Phi) is 4.11. The van der Waals surface area contributed by atoms with Gasteiger partial charge in [0.25, 0.3) is 0 Å². The highest BCUT2D eigenvalue weighted by Gasteiger charge is 2.47. The summed E-state index contributed by atoms with van der Waals surface area (Å²) < 4.78 is 0. The van der Waals surface area contributed by atoms with E-state index in [1.165, 1.54) is 0 Å². The molecule has 2 fully saturated rings. The van der Waals surface area contributed by atoms with Crippen LogP contribution in [0.15, 0.2) is 24.5 Å². The molecule has 0 radical (unpaired) electrons. The van der Waals surface area contributed by atoms with Gasteiger partial charge in [-0.1, -0.05) is 0 Å². The Bertz CT molecular complexity index is 561. The first-order valence-corrected chi connectivity index (χ1v) is 7.69. The van der Waals surface area contributed by atoms with Crippen LogP contribution in [-0.4, -0.2) is 70.8 Å². The second-order valence-electron chi connectivity index (χ2n) is 6.33. The molecule has 3 rings (SSSR count). The van der Waals surface area contributed by atoms with E-state index in [9.17, 15) is 9.59 Å². The first kappa shape index (κ1) is 15.0. The lowest BCUT2D eigenvalue weighted by molar-refractivity contribution is -0.132. The Morgan fingerprint density at radius 2 is 2.05 bits per heavy atom. The normalized spacial score (nSPS) is 24.2. The van der Waals surface area contributed by atoms with E-state index >= 15 is 0 Å². The maximum atomic E-state index is 12.3. The number of likely N-dealkylation sites (tertiary alicyclic amines) is 2. The SMILES string of the molecule is CN(C)CC(=O)N1CCC2C1CC(=O)N2Cc1ccncc1. The summed E-state index contributed by atoms with van der Waals surface area (Å²) in [6, 6.07) is 4.07. The standard InChI is InChI=1S/C16H22N4O2/c1-18(2)11-16(22)19-8-5-13-14(19)9-15(21)20(13)10-12-3-6-17-7-4-12/h3-4,6-7,13-14H,5,8-11H2,1-2H3. The first-order valence-electron chi connectivity index (χ1n) is 7.69. The quantitative estimate of drug-likeness (QED) is 0.805. The lowest BCUT2D eigenvalue weighted by atomic mass is 10.1. The van der Waals surface area contributed by atoms with E-state index < -0.39 is 0 Å². The van der Waals surface area contributed by atoms with Gasteiger partial charge in [-0.25, -0.2) is 0 Å². The van der Waals surface area contributed by atoms with Gasteiger partial charge < -0.3 is 14.7 Å². The van der Waals surface area contributed by atoms with Crippen LogP contribution >= 0.6 is 0 Å². The minimum atomic E-state index is 0.0433. The maximum absolute atomic E-state index is 12.3. The van der Waals surface area contributed by atoms with Crippen LogP contribution in [0.25, 0.3) is 0 Å². The summed E-state index contributed by atoms with van der Waals surface area (Å²) in [5.41, 5.74) is 1.09. The predicted octanol–water partition coefficient (Wildman–Crippen LogP) is 0.345. The molecule has 0 saturated carbocycles. The van der Waals surface area contributed by atoms with Gasteiger partial charge in [-0.15, -0.1) is 0 Å². The van der Waals surface area contributed by atoms with Crippen molar-refractivity contribution in [3.8, 4) is 0 Å². The number of fused-ring (bicyclic) bond motifs is 1. The van der Waals surface area contributed by atoms with Gasteiger partial charge in [-0.2, -0.15) is 0 Å². The average molecular weight is 302 g/mol. The molecule has 2 unspecified atom stereocenters. The van der Waals surface area contributed by atoms with Gasteiger partial charge in [0, 0.05) is 31.9 Å². The molecule has 2 saturated heterocycles. The molecule has 2 aliphatic rings. The number of aromatic nitrogens is 1. The fraction of sp³-hybridized carbons (Fsp3) is 0.562. The summed E-state index contributed by atoms with van der Waals surface area (Å²) in [4.78, 5) is 34.4. The summed E-state index contributed by atoms with van der Waals surface area (Å²) in [6.07, 6.45) is 4.82. The van der Waals surface area contributed by atoms with E-state index in [-0.39, 0.29) is 23.9 Å².